The Morgan fingerprint density at radius 1 is 1.20 bits per heavy atom. The van der Waals surface area contributed by atoms with Crippen molar-refractivity contribution in [3.05, 3.63) is 46.8 Å². The maximum absolute atomic E-state index is 11.6. The summed E-state index contributed by atoms with van der Waals surface area (Å²) in [5, 5.41) is 4.53. The molecule has 0 aliphatic rings. The smallest absolute Gasteiger partial charge is 0.310 e. The minimum atomic E-state index is -0.206. The van der Waals surface area contributed by atoms with Crippen LogP contribution in [-0.4, -0.2) is 22.4 Å². The number of aryl methyl sites for hydroxylation is 2. The summed E-state index contributed by atoms with van der Waals surface area (Å²) in [5.41, 5.74) is 5.02. The Morgan fingerprint density at radius 3 is 2.45 bits per heavy atom. The van der Waals surface area contributed by atoms with E-state index in [0.717, 1.165) is 22.6 Å². The van der Waals surface area contributed by atoms with Gasteiger partial charge in [-0.15, -0.1) is 0 Å². The molecule has 2 rings (SSSR count). The Morgan fingerprint density at radius 2 is 1.85 bits per heavy atom. The number of hydrogen-bond donors (Lipinski definition) is 0. The molecule has 0 saturated heterocycles. The van der Waals surface area contributed by atoms with Crippen LogP contribution >= 0.6 is 0 Å². The zero-order chi connectivity index (χ0) is 14.7. The Balaban J connectivity index is 2.33. The summed E-state index contributed by atoms with van der Waals surface area (Å²) < 4.78 is 6.89. The maximum atomic E-state index is 11.6. The Hall–Kier alpha value is -2.10. The van der Waals surface area contributed by atoms with Crippen molar-refractivity contribution in [2.24, 2.45) is 0 Å². The van der Waals surface area contributed by atoms with Gasteiger partial charge in [0.15, 0.2) is 0 Å². The molecular weight excluding hydrogens is 252 g/mol. The summed E-state index contributed by atoms with van der Waals surface area (Å²) >= 11 is 0. The highest BCUT2D eigenvalue weighted by molar-refractivity contribution is 5.73. The second kappa shape index (κ2) is 5.90. The second-order valence-electron chi connectivity index (χ2n) is 4.88. The SMILES string of the molecule is CCOC(=O)Cc1c(C)nn(-c2ccc(C)cc2)c1C. The van der Waals surface area contributed by atoms with E-state index in [-0.39, 0.29) is 12.4 Å². The largest absolute Gasteiger partial charge is 0.466 e. The molecule has 0 aliphatic carbocycles. The van der Waals surface area contributed by atoms with Gasteiger partial charge in [0, 0.05) is 11.3 Å². The molecule has 0 radical (unpaired) electrons. The predicted molar refractivity (Wildman–Crippen MR) is 78.1 cm³/mol. The number of carbonyl (C=O) groups is 1. The van der Waals surface area contributed by atoms with Crippen LogP contribution in [0.1, 0.15) is 29.4 Å². The standard InChI is InChI=1S/C16H20N2O2/c1-5-20-16(19)10-15-12(3)17-18(13(15)4)14-8-6-11(2)7-9-14/h6-9H,5,10H2,1-4H3. The van der Waals surface area contributed by atoms with E-state index in [4.69, 9.17) is 4.74 Å². The van der Waals surface area contributed by atoms with E-state index in [0.29, 0.717) is 6.61 Å². The summed E-state index contributed by atoms with van der Waals surface area (Å²) in [6.45, 7) is 8.17. The van der Waals surface area contributed by atoms with E-state index < -0.39 is 0 Å². The quantitative estimate of drug-likeness (QED) is 0.804. The number of rotatable bonds is 4. The number of nitrogens with zero attached hydrogens (tertiary/aromatic N) is 2. The average molecular weight is 272 g/mol. The maximum Gasteiger partial charge on any atom is 0.310 e. The molecule has 0 aliphatic heterocycles. The van der Waals surface area contributed by atoms with E-state index in [1.807, 2.05) is 37.6 Å². The van der Waals surface area contributed by atoms with Gasteiger partial charge in [-0.3, -0.25) is 4.79 Å². The first-order valence-corrected chi connectivity index (χ1v) is 6.80. The number of ether oxygens (including phenoxy) is 1. The first-order chi connectivity index (χ1) is 9.52. The van der Waals surface area contributed by atoms with Crippen LogP contribution in [0.5, 0.6) is 0 Å². The van der Waals surface area contributed by atoms with Crippen molar-refractivity contribution >= 4 is 5.97 Å². The van der Waals surface area contributed by atoms with Crippen LogP contribution in [0.25, 0.3) is 5.69 Å². The molecule has 2 aromatic rings. The molecule has 0 atom stereocenters. The van der Waals surface area contributed by atoms with Gasteiger partial charge in [-0.2, -0.15) is 5.10 Å². The molecule has 20 heavy (non-hydrogen) atoms. The van der Waals surface area contributed by atoms with Crippen LogP contribution in [0.3, 0.4) is 0 Å². The Bertz CT molecular complexity index is 612. The third kappa shape index (κ3) is 2.90. The molecular formula is C16H20N2O2. The predicted octanol–water partition coefficient (Wildman–Crippen LogP) is 2.90. The summed E-state index contributed by atoms with van der Waals surface area (Å²) in [7, 11) is 0. The van der Waals surface area contributed by atoms with Crippen molar-refractivity contribution in [1.29, 1.82) is 0 Å². The van der Waals surface area contributed by atoms with Gasteiger partial charge in [0.05, 0.1) is 24.4 Å². The van der Waals surface area contributed by atoms with Gasteiger partial charge in [0.2, 0.25) is 0 Å². The van der Waals surface area contributed by atoms with Crippen molar-refractivity contribution < 1.29 is 9.53 Å². The van der Waals surface area contributed by atoms with Gasteiger partial charge in [0.1, 0.15) is 0 Å². The fourth-order valence-electron chi connectivity index (χ4n) is 2.22. The average Bonchev–Trinajstić information content (AvgIpc) is 2.68. The third-order valence-electron chi connectivity index (χ3n) is 3.35. The van der Waals surface area contributed by atoms with E-state index in [9.17, 15) is 4.79 Å². The monoisotopic (exact) mass is 272 g/mol. The zero-order valence-electron chi connectivity index (χ0n) is 12.4. The summed E-state index contributed by atoms with van der Waals surface area (Å²) in [6, 6.07) is 8.17. The third-order valence-corrected chi connectivity index (χ3v) is 3.35. The molecule has 0 amide bonds. The number of aromatic nitrogens is 2. The second-order valence-corrected chi connectivity index (χ2v) is 4.88. The molecule has 0 spiro atoms. The van der Waals surface area contributed by atoms with Crippen molar-refractivity contribution in [1.82, 2.24) is 9.78 Å². The van der Waals surface area contributed by atoms with Gasteiger partial charge < -0.3 is 4.74 Å². The lowest BCUT2D eigenvalue weighted by molar-refractivity contribution is -0.142. The Kier molecular flexibility index (Phi) is 4.23. The van der Waals surface area contributed by atoms with Crippen LogP contribution in [0.2, 0.25) is 0 Å². The lowest BCUT2D eigenvalue weighted by Gasteiger charge is -2.06. The van der Waals surface area contributed by atoms with Crippen molar-refractivity contribution in [3.63, 3.8) is 0 Å². The highest BCUT2D eigenvalue weighted by Crippen LogP contribution is 2.19. The summed E-state index contributed by atoms with van der Waals surface area (Å²) in [6.07, 6.45) is 0.275. The van der Waals surface area contributed by atoms with Crippen LogP contribution in [0.4, 0.5) is 0 Å². The van der Waals surface area contributed by atoms with Crippen LogP contribution in [0.15, 0.2) is 24.3 Å². The van der Waals surface area contributed by atoms with Gasteiger partial charge in [-0.25, -0.2) is 4.68 Å². The van der Waals surface area contributed by atoms with Gasteiger partial charge in [0.25, 0.3) is 0 Å². The number of benzene rings is 1. The highest BCUT2D eigenvalue weighted by Gasteiger charge is 2.16. The number of esters is 1. The van der Waals surface area contributed by atoms with Gasteiger partial charge in [-0.05, 0) is 39.8 Å². The van der Waals surface area contributed by atoms with Crippen LogP contribution in [-0.2, 0) is 16.0 Å². The minimum absolute atomic E-state index is 0.206. The van der Waals surface area contributed by atoms with Gasteiger partial charge in [-0.1, -0.05) is 17.7 Å². The van der Waals surface area contributed by atoms with E-state index in [2.05, 4.69) is 24.2 Å². The normalized spacial score (nSPS) is 10.6. The molecule has 4 nitrogen and oxygen atoms in total. The molecule has 0 unspecified atom stereocenters. The van der Waals surface area contributed by atoms with Crippen molar-refractivity contribution in [2.45, 2.75) is 34.1 Å². The topological polar surface area (TPSA) is 44.1 Å². The molecule has 4 heteroatoms. The van der Waals surface area contributed by atoms with Crippen LogP contribution < -0.4 is 0 Å². The zero-order valence-corrected chi connectivity index (χ0v) is 12.4. The lowest BCUT2D eigenvalue weighted by Crippen LogP contribution is -2.09. The molecule has 1 aromatic heterocycles. The molecule has 1 heterocycles. The lowest BCUT2D eigenvalue weighted by atomic mass is 10.1. The fraction of sp³-hybridized carbons (Fsp3) is 0.375. The van der Waals surface area contributed by atoms with Gasteiger partial charge >= 0.3 is 5.97 Å². The number of hydrogen-bond acceptors (Lipinski definition) is 3. The molecule has 0 fully saturated rings. The first-order valence-electron chi connectivity index (χ1n) is 6.80. The molecule has 0 N–H and O–H groups in total. The molecule has 0 bridgehead atoms. The van der Waals surface area contributed by atoms with E-state index in [1.54, 1.807) is 0 Å². The molecule has 106 valence electrons. The van der Waals surface area contributed by atoms with Crippen LogP contribution in [0, 0.1) is 20.8 Å². The van der Waals surface area contributed by atoms with Crippen molar-refractivity contribution in [3.8, 4) is 5.69 Å². The van der Waals surface area contributed by atoms with Crippen molar-refractivity contribution in [2.75, 3.05) is 6.61 Å². The molecule has 0 saturated carbocycles. The highest BCUT2D eigenvalue weighted by atomic mass is 16.5. The summed E-state index contributed by atoms with van der Waals surface area (Å²) in [4.78, 5) is 11.6. The van der Waals surface area contributed by atoms with E-state index >= 15 is 0 Å². The summed E-state index contributed by atoms with van der Waals surface area (Å²) in [5.74, 6) is -0.206. The minimum Gasteiger partial charge on any atom is -0.466 e. The number of carbonyl (C=O) groups excluding carboxylic acids is 1. The molecule has 1 aromatic carbocycles. The first kappa shape index (κ1) is 14.3. The fourth-order valence-corrected chi connectivity index (χ4v) is 2.22. The van der Waals surface area contributed by atoms with E-state index in [1.165, 1.54) is 5.56 Å². The Labute approximate surface area is 119 Å².